The lowest BCUT2D eigenvalue weighted by Gasteiger charge is -2.42. The topological polar surface area (TPSA) is 15.6 Å². The zero-order valence-corrected chi connectivity index (χ0v) is 19.0. The van der Waals surface area contributed by atoms with Crippen molar-refractivity contribution in [1.29, 1.82) is 0 Å². The van der Waals surface area contributed by atoms with Crippen LogP contribution in [0.3, 0.4) is 0 Å². The van der Waals surface area contributed by atoms with Crippen molar-refractivity contribution in [3.63, 3.8) is 0 Å². The lowest BCUT2D eigenvalue weighted by molar-refractivity contribution is 0.896. The average molecular weight is 456 g/mol. The van der Waals surface area contributed by atoms with Gasteiger partial charge >= 0.3 is 0 Å². The molecule has 0 amide bonds. The van der Waals surface area contributed by atoms with E-state index in [4.69, 9.17) is 44.8 Å². The molecule has 2 unspecified atom stereocenters. The highest BCUT2D eigenvalue weighted by Crippen LogP contribution is 2.44. The number of amidine groups is 1. The molecule has 0 radical (unpaired) electrons. The summed E-state index contributed by atoms with van der Waals surface area (Å²) >= 11 is 27.9. The number of thioether (sulfide) groups is 1. The van der Waals surface area contributed by atoms with Crippen LogP contribution in [-0.2, 0) is 58.9 Å². The van der Waals surface area contributed by atoms with Crippen molar-refractivity contribution in [3.05, 3.63) is 42.6 Å². The molecule has 1 aliphatic rings. The first-order valence-electron chi connectivity index (χ1n) is 6.38. The second-order valence-electron chi connectivity index (χ2n) is 5.00. The van der Waals surface area contributed by atoms with Crippen LogP contribution in [0.4, 0.5) is 5.69 Å². The largest absolute Gasteiger partial charge is 0.329 e. The lowest BCUT2D eigenvalue weighted by Crippen LogP contribution is -2.43. The van der Waals surface area contributed by atoms with Gasteiger partial charge in [-0.3, -0.25) is 22.4 Å². The molecule has 1 aromatic carbocycles. The van der Waals surface area contributed by atoms with Crippen LogP contribution in [0.15, 0.2) is 47.6 Å². The SMILES string of the molecule is C=C1N=C(N(C)c2ccccc2)SC1C(C)([S-](=S)=S)S(=S)(=S)S. The molecular weight excluding hydrogens is 441 g/mol. The maximum atomic E-state index is 5.50. The highest BCUT2D eigenvalue weighted by molar-refractivity contribution is 8.95. The molecule has 2 atom stereocenters. The fourth-order valence-electron chi connectivity index (χ4n) is 2.02. The summed E-state index contributed by atoms with van der Waals surface area (Å²) in [7, 11) is 1.14. The summed E-state index contributed by atoms with van der Waals surface area (Å²) < 4.78 is -0.643. The van der Waals surface area contributed by atoms with Gasteiger partial charge in [0.25, 0.3) is 0 Å². The minimum atomic E-state index is -2.10. The number of nitrogens with zero attached hydrogens (tertiary/aromatic N) is 2. The predicted octanol–water partition coefficient (Wildman–Crippen LogP) is 3.29. The Morgan fingerprint density at radius 1 is 1.35 bits per heavy atom. The smallest absolute Gasteiger partial charge is 0.168 e. The van der Waals surface area contributed by atoms with E-state index in [1.165, 1.54) is 0 Å². The molecule has 0 saturated heterocycles. The molecule has 1 aliphatic heterocycles. The van der Waals surface area contributed by atoms with E-state index in [0.717, 1.165) is 10.9 Å². The van der Waals surface area contributed by atoms with Gasteiger partial charge in [-0.2, -0.15) is 0 Å². The van der Waals surface area contributed by atoms with E-state index in [1.54, 1.807) is 11.8 Å². The predicted molar refractivity (Wildman–Crippen MR) is 124 cm³/mol. The van der Waals surface area contributed by atoms with Crippen molar-refractivity contribution in [2.75, 3.05) is 11.9 Å². The number of thiol groups is 1. The third kappa shape index (κ3) is 3.94. The molecule has 126 valence electrons. The summed E-state index contributed by atoms with van der Waals surface area (Å²) in [4.78, 5) is 6.64. The minimum Gasteiger partial charge on any atom is -0.329 e. The highest BCUT2D eigenvalue weighted by atomic mass is 33.5. The van der Waals surface area contributed by atoms with Crippen molar-refractivity contribution >= 4 is 93.2 Å². The van der Waals surface area contributed by atoms with Crippen LogP contribution in [0.5, 0.6) is 0 Å². The van der Waals surface area contributed by atoms with Gasteiger partial charge in [0.2, 0.25) is 0 Å². The van der Waals surface area contributed by atoms with Crippen molar-refractivity contribution in [3.8, 4) is 0 Å². The second kappa shape index (κ2) is 7.53. The van der Waals surface area contributed by atoms with Gasteiger partial charge in [0.05, 0.1) is 5.25 Å². The number of rotatable bonds is 4. The van der Waals surface area contributed by atoms with Gasteiger partial charge in [-0.1, -0.05) is 49.6 Å². The summed E-state index contributed by atoms with van der Waals surface area (Å²) in [6.07, 6.45) is -2.10. The molecule has 2 nitrogen and oxygen atoms in total. The molecule has 1 heterocycles. The molecule has 10 heteroatoms. The summed E-state index contributed by atoms with van der Waals surface area (Å²) in [5, 5.41) is 0.708. The van der Waals surface area contributed by atoms with E-state index in [1.807, 2.05) is 49.2 Å². The van der Waals surface area contributed by atoms with Crippen LogP contribution in [0.25, 0.3) is 0 Å². The first-order chi connectivity index (χ1) is 10.6. The molecule has 0 aliphatic carbocycles. The monoisotopic (exact) mass is 455 g/mol. The maximum absolute atomic E-state index is 5.50. The van der Waals surface area contributed by atoms with Gasteiger partial charge in [0, 0.05) is 18.4 Å². The summed E-state index contributed by atoms with van der Waals surface area (Å²) in [5.41, 5.74) is 1.76. The van der Waals surface area contributed by atoms with E-state index in [2.05, 4.69) is 23.2 Å². The molecule has 2 rings (SSSR count). The molecule has 0 fully saturated rings. The summed E-state index contributed by atoms with van der Waals surface area (Å²) in [5.74, 6) is 0. The Kier molecular flexibility index (Phi) is 6.55. The molecule has 0 spiro atoms. The van der Waals surface area contributed by atoms with Crippen molar-refractivity contribution < 1.29 is 0 Å². The van der Waals surface area contributed by atoms with Crippen molar-refractivity contribution in [2.24, 2.45) is 4.99 Å². The number of anilines is 1. The second-order valence-corrected chi connectivity index (χ2v) is 18.8. The quantitative estimate of drug-likeness (QED) is 0.423. The fraction of sp³-hybridized carbons (Fsp3) is 0.308. The Morgan fingerprint density at radius 2 is 1.91 bits per heavy atom. The number of hydrogen-bond donors (Lipinski definition) is 1. The lowest BCUT2D eigenvalue weighted by atomic mass is 10.2. The maximum Gasteiger partial charge on any atom is 0.168 e. The Hall–Kier alpha value is 0.710. The third-order valence-electron chi connectivity index (χ3n) is 3.51. The van der Waals surface area contributed by atoms with E-state index >= 15 is 0 Å². The number of aliphatic imine (C=N–C) groups is 1. The highest BCUT2D eigenvalue weighted by Gasteiger charge is 2.40. The molecule has 23 heavy (non-hydrogen) atoms. The first-order valence-corrected chi connectivity index (χ1v) is 14.9. The van der Waals surface area contributed by atoms with Gasteiger partial charge in [0.15, 0.2) is 5.17 Å². The van der Waals surface area contributed by atoms with E-state index in [9.17, 15) is 0 Å². The van der Waals surface area contributed by atoms with Gasteiger partial charge in [0.1, 0.15) is 0 Å². The van der Waals surface area contributed by atoms with Crippen molar-refractivity contribution in [2.45, 2.75) is 16.3 Å². The van der Waals surface area contributed by atoms with Crippen molar-refractivity contribution in [1.82, 2.24) is 0 Å². The molecule has 1 aromatic rings. The van der Waals surface area contributed by atoms with Crippen LogP contribution in [0.1, 0.15) is 6.92 Å². The summed E-state index contributed by atoms with van der Waals surface area (Å²) in [6.45, 7) is 6.03. The standard InChI is InChI=1S/C13H15N2S8/c1-9-11(13(2,22(16)17)23(18,19)20)21-12(14-9)15(3)10-7-5-4-6-8-10/h4-8,11H,1H2,2-3H3,(H,18,19,20)/q-1. The number of para-hydroxylation sites is 1. The zero-order chi connectivity index (χ0) is 17.4. The van der Waals surface area contributed by atoms with E-state index in [-0.39, 0.29) is 5.25 Å². The molecule has 0 N–H and O–H groups in total. The normalized spacial score (nSPS) is 21.1. The Bertz CT molecular complexity index is 817. The van der Waals surface area contributed by atoms with Crippen LogP contribution in [-0.4, -0.2) is 21.5 Å². The minimum absolute atomic E-state index is 0.135. The van der Waals surface area contributed by atoms with Crippen LogP contribution in [0, 0.1) is 0 Å². The van der Waals surface area contributed by atoms with Crippen LogP contribution in [0.2, 0.25) is 0 Å². The summed E-state index contributed by atoms with van der Waals surface area (Å²) in [6, 6.07) is 10.0. The van der Waals surface area contributed by atoms with Gasteiger partial charge in [-0.05, 0) is 38.6 Å². The van der Waals surface area contributed by atoms with Crippen LogP contribution < -0.4 is 4.90 Å². The molecule has 0 saturated carbocycles. The van der Waals surface area contributed by atoms with E-state index < -0.39 is 18.3 Å². The third-order valence-corrected chi connectivity index (χ3v) is 15.7. The number of benzene rings is 1. The van der Waals surface area contributed by atoms with Gasteiger partial charge in [-0.25, -0.2) is 4.99 Å². The molecular formula is C13H15N2S8-. The van der Waals surface area contributed by atoms with E-state index in [0.29, 0.717) is 5.70 Å². The zero-order valence-electron chi connectivity index (χ0n) is 12.4. The Balaban J connectivity index is 2.37. The Morgan fingerprint density at radius 3 is 2.39 bits per heavy atom. The first kappa shape index (κ1) is 20.0. The van der Waals surface area contributed by atoms with Gasteiger partial charge in [-0.15, -0.1) is 11.7 Å². The Labute approximate surface area is 167 Å². The molecule has 0 aromatic heterocycles. The van der Waals surface area contributed by atoms with Crippen LogP contribution >= 0.6 is 23.4 Å². The molecule has 0 bridgehead atoms. The van der Waals surface area contributed by atoms with Gasteiger partial charge < -0.3 is 12.9 Å². The number of hydrogen-bond acceptors (Lipinski definition) is 8. The average Bonchev–Trinajstić information content (AvgIpc) is 2.87. The fourth-order valence-corrected chi connectivity index (χ4v) is 14.1.